The zero-order valence-electron chi connectivity index (χ0n) is 25.1. The normalized spacial score (nSPS) is 22.5. The Kier molecular flexibility index (Phi) is 8.23. The third-order valence-electron chi connectivity index (χ3n) is 9.20. The largest absolute Gasteiger partial charge is 0.465 e. The first-order valence-corrected chi connectivity index (χ1v) is 15.0. The number of fused-ring (bicyclic) bond motifs is 2. The van der Waals surface area contributed by atoms with E-state index >= 15 is 0 Å². The summed E-state index contributed by atoms with van der Waals surface area (Å²) >= 11 is 0. The summed E-state index contributed by atoms with van der Waals surface area (Å²) in [5.41, 5.74) is 4.41. The van der Waals surface area contributed by atoms with Gasteiger partial charge in [0.15, 0.2) is 0 Å². The van der Waals surface area contributed by atoms with Gasteiger partial charge >= 0.3 is 12.1 Å². The molecule has 0 aliphatic carbocycles. The maximum Gasteiger partial charge on any atom is 0.407 e. The van der Waals surface area contributed by atoms with Gasteiger partial charge in [-0.15, -0.1) is 0 Å². The van der Waals surface area contributed by atoms with Crippen LogP contribution in [0.25, 0.3) is 10.8 Å². The van der Waals surface area contributed by atoms with Gasteiger partial charge in [0.1, 0.15) is 12.4 Å². The first-order valence-electron chi connectivity index (χ1n) is 15.0. The summed E-state index contributed by atoms with van der Waals surface area (Å²) in [6.45, 7) is 6.07. The van der Waals surface area contributed by atoms with E-state index in [0.29, 0.717) is 38.8 Å². The fraction of sp³-hybridized carbons (Fsp3) is 0.500. The minimum Gasteiger partial charge on any atom is -0.465 e. The van der Waals surface area contributed by atoms with Gasteiger partial charge < -0.3 is 29.3 Å². The monoisotopic (exact) mass is 585 g/mol. The van der Waals surface area contributed by atoms with Crippen molar-refractivity contribution in [2.45, 2.75) is 50.9 Å². The number of carboxylic acid groups (broad SMARTS) is 1. The second kappa shape index (κ2) is 12.2. The van der Waals surface area contributed by atoms with Crippen molar-refractivity contribution in [2.24, 2.45) is 0 Å². The molecule has 43 heavy (non-hydrogen) atoms. The topological polar surface area (TPSA) is 118 Å². The van der Waals surface area contributed by atoms with Crippen LogP contribution in [0.15, 0.2) is 36.4 Å². The van der Waals surface area contributed by atoms with E-state index in [9.17, 15) is 15.2 Å². The molecule has 0 saturated carbocycles. The maximum absolute atomic E-state index is 11.9. The van der Waals surface area contributed by atoms with Crippen LogP contribution >= 0.6 is 0 Å². The van der Waals surface area contributed by atoms with Crippen molar-refractivity contribution in [1.29, 1.82) is 5.26 Å². The van der Waals surface area contributed by atoms with E-state index in [1.807, 2.05) is 0 Å². The molecule has 2 saturated heterocycles. The molecule has 2 aromatic carbocycles. The molecule has 226 valence electrons. The Balaban J connectivity index is 1.33. The average Bonchev–Trinajstić information content (AvgIpc) is 3.38. The van der Waals surface area contributed by atoms with Crippen LogP contribution in [-0.2, 0) is 17.7 Å². The van der Waals surface area contributed by atoms with Gasteiger partial charge in [-0.25, -0.2) is 4.79 Å². The number of hydrogen-bond donors (Lipinski definition) is 1. The van der Waals surface area contributed by atoms with Gasteiger partial charge in [-0.3, -0.25) is 4.90 Å². The molecule has 11 heteroatoms. The maximum atomic E-state index is 11.9. The number of methoxy groups -OCH3 is 1. The summed E-state index contributed by atoms with van der Waals surface area (Å²) in [4.78, 5) is 29.9. The third-order valence-corrected chi connectivity index (χ3v) is 9.20. The van der Waals surface area contributed by atoms with Crippen LogP contribution < -0.4 is 14.5 Å². The van der Waals surface area contributed by atoms with Crippen LogP contribution in [0.3, 0.4) is 0 Å². The van der Waals surface area contributed by atoms with E-state index in [1.165, 1.54) is 26.9 Å². The Hall–Kier alpha value is -4.14. The second-order valence-corrected chi connectivity index (χ2v) is 11.8. The summed E-state index contributed by atoms with van der Waals surface area (Å²) in [5.74, 6) is 0.788. The molecule has 3 aromatic rings. The molecular formula is C32H39N7O4. The lowest BCUT2D eigenvalue weighted by Gasteiger charge is -2.41. The van der Waals surface area contributed by atoms with Gasteiger partial charge in [-0.1, -0.05) is 30.3 Å². The first-order chi connectivity index (χ1) is 20.9. The van der Waals surface area contributed by atoms with Gasteiger partial charge in [0.25, 0.3) is 0 Å². The number of aromatic nitrogens is 2. The van der Waals surface area contributed by atoms with Gasteiger partial charge in [-0.05, 0) is 43.8 Å². The van der Waals surface area contributed by atoms with Crippen LogP contribution in [0.2, 0.25) is 0 Å². The number of amides is 1. The highest BCUT2D eigenvalue weighted by Gasteiger charge is 2.35. The summed E-state index contributed by atoms with van der Waals surface area (Å²) < 4.78 is 11.9. The minimum absolute atomic E-state index is 0.127. The number of nitriles is 1. The van der Waals surface area contributed by atoms with Crippen LogP contribution in [0.4, 0.5) is 16.3 Å². The van der Waals surface area contributed by atoms with Crippen molar-refractivity contribution in [2.75, 3.05) is 63.3 Å². The number of piperazine rings is 1. The van der Waals surface area contributed by atoms with Gasteiger partial charge in [0.2, 0.25) is 0 Å². The number of likely N-dealkylation sites (N-methyl/N-ethyl adjacent to an activating group) is 1. The predicted octanol–water partition coefficient (Wildman–Crippen LogP) is 3.68. The number of hydrogen-bond acceptors (Lipinski definition) is 9. The second-order valence-electron chi connectivity index (χ2n) is 11.8. The first kappa shape index (κ1) is 29.0. The molecule has 1 amide bonds. The van der Waals surface area contributed by atoms with Crippen LogP contribution in [0.5, 0.6) is 6.01 Å². The van der Waals surface area contributed by atoms with E-state index in [1.54, 1.807) is 7.11 Å². The zero-order chi connectivity index (χ0) is 30.1. The van der Waals surface area contributed by atoms with Crippen molar-refractivity contribution in [3.63, 3.8) is 0 Å². The Morgan fingerprint density at radius 1 is 1.09 bits per heavy atom. The lowest BCUT2D eigenvalue weighted by molar-refractivity contribution is 0.111. The van der Waals surface area contributed by atoms with Crippen LogP contribution in [0.1, 0.15) is 29.7 Å². The molecule has 0 bridgehead atoms. The minimum atomic E-state index is -0.996. The molecule has 11 nitrogen and oxygen atoms in total. The summed E-state index contributed by atoms with van der Waals surface area (Å²) in [7, 11) is 3.82. The Labute approximate surface area is 252 Å². The standard InChI is InChI=1S/C32H39N7O4/c1-21-6-4-7-22-8-5-9-28(29(21)22)37-13-11-26-27(19-37)34-31(43-20-24-16-25(42-3)18-36(24)2)35-30(26)38-14-15-39(32(40)41)23(17-38)10-12-33/h4-9,23-25H,10-11,13-20H2,1-3H3,(H,40,41)/t23-,24+,25+/m0/s1. The molecular weight excluding hydrogens is 546 g/mol. The summed E-state index contributed by atoms with van der Waals surface area (Å²) in [5, 5.41) is 21.6. The summed E-state index contributed by atoms with van der Waals surface area (Å²) in [6, 6.07) is 15.1. The van der Waals surface area contributed by atoms with Crippen LogP contribution in [-0.4, -0.2) is 103 Å². The van der Waals surface area contributed by atoms with Crippen molar-refractivity contribution in [3.8, 4) is 12.1 Å². The van der Waals surface area contributed by atoms with Crippen molar-refractivity contribution < 1.29 is 19.4 Å². The molecule has 0 radical (unpaired) electrons. The molecule has 3 atom stereocenters. The fourth-order valence-electron chi connectivity index (χ4n) is 6.83. The Morgan fingerprint density at radius 2 is 1.91 bits per heavy atom. The number of benzene rings is 2. The summed E-state index contributed by atoms with van der Waals surface area (Å²) in [6.07, 6.45) is 0.938. The number of aryl methyl sites for hydroxylation is 1. The Bertz CT molecular complexity index is 1540. The molecule has 1 aromatic heterocycles. The van der Waals surface area contributed by atoms with Gasteiger partial charge in [0.05, 0.1) is 36.9 Å². The van der Waals surface area contributed by atoms with Crippen molar-refractivity contribution in [3.05, 3.63) is 53.2 Å². The van der Waals surface area contributed by atoms with E-state index in [2.05, 4.69) is 71.1 Å². The number of ether oxygens (including phenoxy) is 2. The van der Waals surface area contributed by atoms with Crippen molar-refractivity contribution in [1.82, 2.24) is 19.8 Å². The smallest absolute Gasteiger partial charge is 0.407 e. The molecule has 1 N–H and O–H groups in total. The third kappa shape index (κ3) is 5.77. The number of rotatable bonds is 7. The number of nitrogens with zero attached hydrogens (tertiary/aromatic N) is 7. The van der Waals surface area contributed by atoms with E-state index in [4.69, 9.17) is 19.4 Å². The van der Waals surface area contributed by atoms with E-state index < -0.39 is 12.1 Å². The predicted molar refractivity (Wildman–Crippen MR) is 164 cm³/mol. The zero-order valence-corrected chi connectivity index (χ0v) is 25.1. The molecule has 4 heterocycles. The average molecular weight is 586 g/mol. The lowest BCUT2D eigenvalue weighted by atomic mass is 9.99. The molecule has 0 spiro atoms. The Morgan fingerprint density at radius 3 is 2.65 bits per heavy atom. The highest BCUT2D eigenvalue weighted by atomic mass is 16.5. The van der Waals surface area contributed by atoms with Gasteiger partial charge in [-0.2, -0.15) is 15.2 Å². The lowest BCUT2D eigenvalue weighted by Crippen LogP contribution is -2.55. The number of likely N-dealkylation sites (tertiary alicyclic amines) is 1. The van der Waals surface area contributed by atoms with Crippen molar-refractivity contribution >= 4 is 28.4 Å². The number of carbonyl (C=O) groups is 1. The molecule has 6 rings (SSSR count). The highest BCUT2D eigenvalue weighted by Crippen LogP contribution is 2.36. The SMILES string of the molecule is CO[C@@H]1C[C@H](COc2nc3c(c(N4CCN(C(=O)O)[C@@H](CC#N)C4)n2)CCN(c2cccc4cccc(C)c24)C3)N(C)C1. The van der Waals surface area contributed by atoms with Crippen LogP contribution in [0, 0.1) is 18.3 Å². The molecule has 0 unspecified atom stereocenters. The van der Waals surface area contributed by atoms with E-state index in [-0.39, 0.29) is 18.6 Å². The molecule has 3 aliphatic rings. The quantitative estimate of drug-likeness (QED) is 0.440. The molecule has 3 aliphatic heterocycles. The highest BCUT2D eigenvalue weighted by molar-refractivity contribution is 5.97. The molecule has 2 fully saturated rings. The fourth-order valence-corrected chi connectivity index (χ4v) is 6.83. The number of anilines is 2. The van der Waals surface area contributed by atoms with E-state index in [0.717, 1.165) is 43.0 Å². The van der Waals surface area contributed by atoms with Gasteiger partial charge in [0, 0.05) is 62.5 Å².